The molecule has 2 fully saturated rings. The molecule has 3 aromatic rings. The number of fused-ring (bicyclic) bond motifs is 1. The molecule has 1 aliphatic heterocycles. The number of amides is 3. The fourth-order valence-corrected chi connectivity index (χ4v) is 5.02. The summed E-state index contributed by atoms with van der Waals surface area (Å²) in [5, 5.41) is 15.1. The number of carbonyl (C=O) groups excluding carboxylic acids is 2. The summed E-state index contributed by atoms with van der Waals surface area (Å²) in [5.41, 5.74) is 0.945. The zero-order valence-corrected chi connectivity index (χ0v) is 22.0. The van der Waals surface area contributed by atoms with Gasteiger partial charge in [0.05, 0.1) is 16.5 Å². The third-order valence-corrected chi connectivity index (χ3v) is 7.26. The second-order valence-electron chi connectivity index (χ2n) is 10.6. The van der Waals surface area contributed by atoms with Crippen LogP contribution in [0, 0.1) is 17.2 Å². The van der Waals surface area contributed by atoms with E-state index >= 15 is 0 Å². The van der Waals surface area contributed by atoms with Gasteiger partial charge in [-0.05, 0) is 75.8 Å². The number of benzene rings is 1. The molecule has 0 radical (unpaired) electrons. The van der Waals surface area contributed by atoms with Crippen molar-refractivity contribution in [3.63, 3.8) is 0 Å². The molecule has 1 aliphatic carbocycles. The molecule has 1 atom stereocenters. The molecular formula is C28H31N7O4. The van der Waals surface area contributed by atoms with Crippen molar-refractivity contribution in [1.29, 1.82) is 5.26 Å². The van der Waals surface area contributed by atoms with E-state index in [1.165, 1.54) is 16.8 Å². The fourth-order valence-electron chi connectivity index (χ4n) is 5.02. The third-order valence-electron chi connectivity index (χ3n) is 7.26. The molecule has 11 nitrogen and oxygen atoms in total. The number of anilines is 1. The summed E-state index contributed by atoms with van der Waals surface area (Å²) in [4.78, 5) is 57.7. The van der Waals surface area contributed by atoms with Gasteiger partial charge in [0.2, 0.25) is 0 Å². The second kappa shape index (κ2) is 10.7. The molecular weight excluding hydrogens is 498 g/mol. The highest BCUT2D eigenvalue weighted by atomic mass is 16.2. The normalized spacial score (nSPS) is 17.2. The summed E-state index contributed by atoms with van der Waals surface area (Å²) >= 11 is 0. The molecule has 1 saturated heterocycles. The van der Waals surface area contributed by atoms with E-state index in [4.69, 9.17) is 5.26 Å². The van der Waals surface area contributed by atoms with Gasteiger partial charge < -0.3 is 15.5 Å². The van der Waals surface area contributed by atoms with Gasteiger partial charge in [-0.15, -0.1) is 0 Å². The molecule has 1 aromatic carbocycles. The first kappa shape index (κ1) is 26.2. The predicted molar refractivity (Wildman–Crippen MR) is 146 cm³/mol. The number of nitrogens with zero attached hydrogens (tertiary/aromatic N) is 5. The average molecular weight is 530 g/mol. The highest BCUT2D eigenvalue weighted by Crippen LogP contribution is 2.30. The lowest BCUT2D eigenvalue weighted by molar-refractivity contribution is 0.0912. The number of nitrogens with one attached hydrogen (secondary N) is 2. The van der Waals surface area contributed by atoms with Crippen LogP contribution in [-0.4, -0.2) is 50.1 Å². The van der Waals surface area contributed by atoms with E-state index < -0.39 is 0 Å². The van der Waals surface area contributed by atoms with Gasteiger partial charge in [-0.1, -0.05) is 0 Å². The van der Waals surface area contributed by atoms with Gasteiger partial charge >= 0.3 is 11.7 Å². The predicted octanol–water partition coefficient (Wildman–Crippen LogP) is 2.85. The number of aromatic nitrogens is 3. The number of urea groups is 1. The summed E-state index contributed by atoms with van der Waals surface area (Å²) in [7, 11) is 0. The maximum Gasteiger partial charge on any atom is 0.331 e. The van der Waals surface area contributed by atoms with E-state index in [-0.39, 0.29) is 41.0 Å². The van der Waals surface area contributed by atoms with Crippen molar-refractivity contribution < 1.29 is 9.59 Å². The van der Waals surface area contributed by atoms with Crippen LogP contribution in [0.5, 0.6) is 0 Å². The monoisotopic (exact) mass is 529 g/mol. The number of nitriles is 1. The number of piperidine rings is 1. The Hall–Kier alpha value is -4.46. The Morgan fingerprint density at radius 1 is 1.15 bits per heavy atom. The van der Waals surface area contributed by atoms with Gasteiger partial charge in [0.1, 0.15) is 11.8 Å². The molecule has 1 unspecified atom stereocenters. The average Bonchev–Trinajstić information content (AvgIpc) is 3.76. The van der Waals surface area contributed by atoms with Crippen molar-refractivity contribution in [2.24, 2.45) is 5.92 Å². The van der Waals surface area contributed by atoms with Gasteiger partial charge in [0.15, 0.2) is 0 Å². The molecule has 2 aliphatic rings. The summed E-state index contributed by atoms with van der Waals surface area (Å²) in [5.74, 6) is 0.0458. The molecule has 5 rings (SSSR count). The Bertz CT molecular complexity index is 1580. The lowest BCUT2D eigenvalue weighted by Gasteiger charge is -2.33. The zero-order chi connectivity index (χ0) is 27.7. The number of rotatable bonds is 6. The van der Waals surface area contributed by atoms with Crippen LogP contribution in [0.2, 0.25) is 0 Å². The quantitative estimate of drug-likeness (QED) is 0.503. The number of pyridine rings is 1. The third kappa shape index (κ3) is 5.55. The van der Waals surface area contributed by atoms with E-state index in [9.17, 15) is 19.2 Å². The van der Waals surface area contributed by atoms with E-state index in [1.54, 1.807) is 33.7 Å². The lowest BCUT2D eigenvalue weighted by Crippen LogP contribution is -2.50. The molecule has 2 N–H and O–H groups in total. The molecule has 3 heterocycles. The Morgan fingerprint density at radius 2 is 1.95 bits per heavy atom. The van der Waals surface area contributed by atoms with Crippen LogP contribution < -0.4 is 21.9 Å². The van der Waals surface area contributed by atoms with Crippen molar-refractivity contribution >= 4 is 28.5 Å². The second-order valence-corrected chi connectivity index (χ2v) is 10.6. The number of hydrogen-bond acceptors (Lipinski definition) is 6. The highest BCUT2D eigenvalue weighted by Gasteiger charge is 2.27. The van der Waals surface area contributed by atoms with E-state index in [2.05, 4.69) is 15.6 Å². The molecule has 0 spiro atoms. The van der Waals surface area contributed by atoms with Gasteiger partial charge in [-0.25, -0.2) is 14.6 Å². The van der Waals surface area contributed by atoms with Crippen LogP contribution in [0.25, 0.3) is 10.9 Å². The van der Waals surface area contributed by atoms with Crippen LogP contribution >= 0.6 is 0 Å². The largest absolute Gasteiger partial charge is 0.347 e. The number of hydrogen-bond donors (Lipinski definition) is 2. The minimum atomic E-state index is -0.340. The van der Waals surface area contributed by atoms with Crippen LogP contribution in [0.4, 0.5) is 10.5 Å². The molecule has 0 bridgehead atoms. The fraction of sp³-hybridized carbons (Fsp3) is 0.429. The summed E-state index contributed by atoms with van der Waals surface area (Å²) < 4.78 is 2.96. The SMILES string of the molecule is CC(C)n1c(=O)n(CC2CC2)c(=O)c2cc(NC(=O)N3CCCC(NC(=O)c4ccc(C#N)nc4)C3)ccc21. The van der Waals surface area contributed by atoms with E-state index in [1.807, 2.05) is 19.9 Å². The van der Waals surface area contributed by atoms with Crippen LogP contribution in [0.3, 0.4) is 0 Å². The topological polar surface area (TPSA) is 142 Å². The van der Waals surface area contributed by atoms with Crippen LogP contribution in [-0.2, 0) is 6.54 Å². The van der Waals surface area contributed by atoms with Crippen molar-refractivity contribution in [2.75, 3.05) is 18.4 Å². The van der Waals surface area contributed by atoms with Gasteiger partial charge in [0.25, 0.3) is 11.5 Å². The molecule has 3 amide bonds. The van der Waals surface area contributed by atoms with Crippen LogP contribution in [0.15, 0.2) is 46.1 Å². The van der Waals surface area contributed by atoms with Crippen LogP contribution in [0.1, 0.15) is 61.6 Å². The van der Waals surface area contributed by atoms with E-state index in [0.29, 0.717) is 54.1 Å². The van der Waals surface area contributed by atoms with Gasteiger partial charge in [-0.3, -0.25) is 18.7 Å². The van der Waals surface area contributed by atoms with Gasteiger partial charge in [-0.2, -0.15) is 5.26 Å². The minimum Gasteiger partial charge on any atom is -0.347 e. The lowest BCUT2D eigenvalue weighted by atomic mass is 10.1. The zero-order valence-electron chi connectivity index (χ0n) is 22.0. The highest BCUT2D eigenvalue weighted by molar-refractivity contribution is 5.94. The standard InChI is InChI=1S/C28H31N7O4/c1-17(2)35-24-10-9-20(12-23(24)26(37)34(28(35)39)15-18-5-6-18)32-27(38)33-11-3-4-22(16-33)31-25(36)19-7-8-21(13-29)30-14-19/h7-10,12,14,17-18,22H,3-6,11,15-16H2,1-2H3,(H,31,36)(H,32,38). The number of carbonyl (C=O) groups is 2. The van der Waals surface area contributed by atoms with Gasteiger partial charge in [0, 0.05) is 43.6 Å². The molecule has 2 aromatic heterocycles. The smallest absolute Gasteiger partial charge is 0.331 e. The molecule has 1 saturated carbocycles. The van der Waals surface area contributed by atoms with Crippen molar-refractivity contribution in [1.82, 2.24) is 24.3 Å². The minimum absolute atomic E-state index is 0.132. The summed E-state index contributed by atoms with van der Waals surface area (Å²) in [6.45, 7) is 5.09. The Balaban J connectivity index is 1.31. The Labute approximate surface area is 225 Å². The first-order chi connectivity index (χ1) is 18.7. The van der Waals surface area contributed by atoms with E-state index in [0.717, 1.165) is 19.3 Å². The first-order valence-electron chi connectivity index (χ1n) is 13.3. The summed E-state index contributed by atoms with van der Waals surface area (Å²) in [6, 6.07) is 9.30. The molecule has 39 heavy (non-hydrogen) atoms. The molecule has 202 valence electrons. The van der Waals surface area contributed by atoms with Crippen molar-refractivity contribution in [2.45, 2.75) is 58.2 Å². The Morgan fingerprint density at radius 3 is 2.62 bits per heavy atom. The van der Waals surface area contributed by atoms with Crippen molar-refractivity contribution in [3.8, 4) is 6.07 Å². The maximum atomic E-state index is 13.3. The first-order valence-corrected chi connectivity index (χ1v) is 13.3. The maximum absolute atomic E-state index is 13.3. The Kier molecular flexibility index (Phi) is 7.19. The number of likely N-dealkylation sites (tertiary alicyclic amines) is 1. The summed E-state index contributed by atoms with van der Waals surface area (Å²) in [6.07, 6.45) is 4.84. The molecule has 11 heteroatoms. The van der Waals surface area contributed by atoms with Crippen molar-refractivity contribution in [3.05, 3.63) is 68.6 Å².